The Labute approximate surface area is 149 Å². The third-order valence-electron chi connectivity index (χ3n) is 3.48. The first-order valence-corrected chi connectivity index (χ1v) is 8.69. The average molecular weight is 350 g/mol. The Hall–Kier alpha value is -2.21. The number of carbonyl (C=O) groups excluding carboxylic acids is 2. The van der Waals surface area contributed by atoms with Crippen molar-refractivity contribution >= 4 is 23.9 Å². The zero-order chi connectivity index (χ0) is 19.1. The number of carboxylic acid groups (broad SMARTS) is 1. The summed E-state index contributed by atoms with van der Waals surface area (Å²) in [6.45, 7) is 3.28. The number of nitrogens with one attached hydrogen (secondary N) is 1. The normalized spacial score (nSPS) is 13.4. The number of nitrogens with two attached hydrogens (primary N) is 1. The van der Waals surface area contributed by atoms with Crippen LogP contribution in [0.3, 0.4) is 0 Å². The van der Waals surface area contributed by atoms with E-state index in [2.05, 4.69) is 5.32 Å². The highest BCUT2D eigenvalue weighted by Gasteiger charge is 2.06. The van der Waals surface area contributed by atoms with Gasteiger partial charge in [0.2, 0.25) is 5.91 Å². The van der Waals surface area contributed by atoms with Crippen molar-refractivity contribution in [1.29, 1.82) is 0 Å². The van der Waals surface area contributed by atoms with E-state index in [0.29, 0.717) is 23.7 Å². The number of benzene rings is 1. The van der Waals surface area contributed by atoms with E-state index < -0.39 is 5.97 Å². The smallest absolute Gasteiger partial charge is 0.303 e. The molecule has 1 aliphatic rings. The molecule has 1 aromatic carbocycles. The topological polar surface area (TPSA) is 109 Å². The van der Waals surface area contributed by atoms with E-state index in [0.717, 1.165) is 12.7 Å². The first-order chi connectivity index (χ1) is 11.9. The molecule has 1 amide bonds. The summed E-state index contributed by atoms with van der Waals surface area (Å²) in [7, 11) is 0. The van der Waals surface area contributed by atoms with E-state index in [4.69, 9.17) is 10.8 Å². The zero-order valence-corrected chi connectivity index (χ0v) is 15.2. The summed E-state index contributed by atoms with van der Waals surface area (Å²) in [5.74, 6) is -0.827. The summed E-state index contributed by atoms with van der Waals surface area (Å²) in [6.07, 6.45) is 8.45. The van der Waals surface area contributed by atoms with Gasteiger partial charge in [-0.25, -0.2) is 0 Å². The van der Waals surface area contributed by atoms with Gasteiger partial charge in [0.15, 0.2) is 0 Å². The fourth-order valence-electron chi connectivity index (χ4n) is 2.20. The quantitative estimate of drug-likeness (QED) is 0.719. The maximum Gasteiger partial charge on any atom is 0.303 e. The maximum absolute atomic E-state index is 10.6. The minimum absolute atomic E-state index is 0.117. The van der Waals surface area contributed by atoms with Crippen LogP contribution >= 0.6 is 0 Å². The molecule has 6 heteroatoms. The number of aldehydes is 1. The first-order valence-electron chi connectivity index (χ1n) is 8.69. The Morgan fingerprint density at radius 3 is 2.04 bits per heavy atom. The minimum atomic E-state index is -0.711. The van der Waals surface area contributed by atoms with Gasteiger partial charge >= 0.3 is 5.97 Å². The van der Waals surface area contributed by atoms with E-state index >= 15 is 0 Å². The summed E-state index contributed by atoms with van der Waals surface area (Å²) in [5, 5.41) is 10.5. The molecule has 0 spiro atoms. The van der Waals surface area contributed by atoms with Gasteiger partial charge in [-0.05, 0) is 43.5 Å². The lowest BCUT2D eigenvalue weighted by Crippen LogP contribution is -2.22. The van der Waals surface area contributed by atoms with E-state index in [9.17, 15) is 14.4 Å². The first kappa shape index (κ1) is 22.8. The predicted octanol–water partition coefficient (Wildman–Crippen LogP) is 3.61. The molecule has 0 atom stereocenters. The van der Waals surface area contributed by atoms with Crippen molar-refractivity contribution in [3.05, 3.63) is 29.8 Å². The Morgan fingerprint density at radius 2 is 1.76 bits per heavy atom. The van der Waals surface area contributed by atoms with Crippen LogP contribution in [0.25, 0.3) is 0 Å². The van der Waals surface area contributed by atoms with E-state index in [1.165, 1.54) is 39.0 Å². The van der Waals surface area contributed by atoms with E-state index in [1.807, 2.05) is 6.92 Å². The van der Waals surface area contributed by atoms with Crippen LogP contribution in [0.2, 0.25) is 0 Å². The summed E-state index contributed by atoms with van der Waals surface area (Å²) < 4.78 is 0. The molecule has 4 N–H and O–H groups in total. The summed E-state index contributed by atoms with van der Waals surface area (Å²) in [5.41, 5.74) is 6.94. The van der Waals surface area contributed by atoms with Crippen molar-refractivity contribution in [3.8, 4) is 0 Å². The largest absolute Gasteiger partial charge is 0.481 e. The Bertz CT molecular complexity index is 509. The lowest BCUT2D eigenvalue weighted by Gasteiger charge is -2.15. The summed E-state index contributed by atoms with van der Waals surface area (Å²) in [6, 6.07) is 7.21. The number of hydrogen-bond donors (Lipinski definition) is 3. The van der Waals surface area contributed by atoms with Crippen molar-refractivity contribution in [2.45, 2.75) is 64.8 Å². The second-order valence-electron chi connectivity index (χ2n) is 5.96. The second-order valence-corrected chi connectivity index (χ2v) is 5.96. The van der Waals surface area contributed by atoms with Gasteiger partial charge in [0, 0.05) is 30.6 Å². The summed E-state index contributed by atoms with van der Waals surface area (Å²) in [4.78, 5) is 30.4. The highest BCUT2D eigenvalue weighted by molar-refractivity contribution is 5.89. The number of amides is 1. The maximum atomic E-state index is 10.6. The molecule has 25 heavy (non-hydrogen) atoms. The molecule has 0 aliphatic heterocycles. The molecule has 1 saturated carbocycles. The monoisotopic (exact) mass is 350 g/mol. The molecule has 1 aliphatic carbocycles. The molecule has 0 saturated heterocycles. The minimum Gasteiger partial charge on any atom is -0.481 e. The lowest BCUT2D eigenvalue weighted by molar-refractivity contribution is -0.137. The van der Waals surface area contributed by atoms with Gasteiger partial charge in [-0.15, -0.1) is 0 Å². The van der Waals surface area contributed by atoms with Gasteiger partial charge in [-0.3, -0.25) is 14.4 Å². The number of hydrogen-bond acceptors (Lipinski definition) is 4. The molecule has 1 fully saturated rings. The molecule has 0 radical (unpaired) electrons. The highest BCUT2D eigenvalue weighted by Crippen LogP contribution is 2.14. The van der Waals surface area contributed by atoms with Crippen LogP contribution in [0.1, 0.15) is 69.2 Å². The van der Waals surface area contributed by atoms with Crippen LogP contribution in [0, 0.1) is 0 Å². The van der Waals surface area contributed by atoms with Gasteiger partial charge in [0.05, 0.1) is 0 Å². The van der Waals surface area contributed by atoms with Gasteiger partial charge in [-0.1, -0.05) is 26.2 Å². The predicted molar refractivity (Wildman–Crippen MR) is 99.7 cm³/mol. The average Bonchev–Trinajstić information content (AvgIpc) is 2.57. The van der Waals surface area contributed by atoms with Crippen molar-refractivity contribution in [3.63, 3.8) is 0 Å². The number of aliphatic carboxylic acids is 1. The van der Waals surface area contributed by atoms with E-state index in [1.54, 1.807) is 24.3 Å². The third kappa shape index (κ3) is 13.9. The van der Waals surface area contributed by atoms with Crippen LogP contribution in [0.5, 0.6) is 0 Å². The Kier molecular flexibility index (Phi) is 12.9. The molecular weight excluding hydrogens is 320 g/mol. The van der Waals surface area contributed by atoms with Gasteiger partial charge < -0.3 is 16.2 Å². The van der Waals surface area contributed by atoms with Crippen molar-refractivity contribution in [2.24, 2.45) is 5.73 Å². The number of anilines is 1. The third-order valence-corrected chi connectivity index (χ3v) is 3.48. The van der Waals surface area contributed by atoms with Crippen molar-refractivity contribution in [2.75, 3.05) is 5.32 Å². The molecule has 6 nitrogen and oxygen atoms in total. The molecular formula is C19H30N2O4. The fraction of sp³-hybridized carbons (Fsp3) is 0.526. The van der Waals surface area contributed by atoms with E-state index in [-0.39, 0.29) is 5.91 Å². The summed E-state index contributed by atoms with van der Waals surface area (Å²) >= 11 is 0. The highest BCUT2D eigenvalue weighted by atomic mass is 16.4. The SMILES string of the molecule is CC(=O)Nc1ccc(C=O)cc1.CCCC(=O)O.NC1CCCCC1. The van der Waals surface area contributed by atoms with Crippen LogP contribution in [-0.2, 0) is 9.59 Å². The zero-order valence-electron chi connectivity index (χ0n) is 15.2. The van der Waals surface area contributed by atoms with Gasteiger partial charge in [0.25, 0.3) is 0 Å². The van der Waals surface area contributed by atoms with Crippen molar-refractivity contribution in [1.82, 2.24) is 0 Å². The van der Waals surface area contributed by atoms with Crippen LogP contribution in [0.4, 0.5) is 5.69 Å². The molecule has 2 rings (SSSR count). The van der Waals surface area contributed by atoms with Gasteiger partial charge in [0.1, 0.15) is 6.29 Å². The fourth-order valence-corrected chi connectivity index (χ4v) is 2.20. The number of carboxylic acids is 1. The standard InChI is InChI=1S/C9H9NO2.C6H13N.C4H8O2/c1-7(12)10-9-4-2-8(6-11)3-5-9;7-6-4-2-1-3-5-6;1-2-3-4(5)6/h2-6H,1H3,(H,10,12);6H,1-5,7H2;2-3H2,1H3,(H,5,6). The number of carbonyl (C=O) groups is 3. The lowest BCUT2D eigenvalue weighted by atomic mass is 9.97. The molecule has 0 bridgehead atoms. The Balaban J connectivity index is 0.000000378. The van der Waals surface area contributed by atoms with Crippen LogP contribution in [-0.4, -0.2) is 29.3 Å². The van der Waals surface area contributed by atoms with Gasteiger partial charge in [-0.2, -0.15) is 0 Å². The molecule has 140 valence electrons. The van der Waals surface area contributed by atoms with Crippen LogP contribution in [0.15, 0.2) is 24.3 Å². The number of rotatable bonds is 4. The van der Waals surface area contributed by atoms with Crippen molar-refractivity contribution < 1.29 is 19.5 Å². The molecule has 0 heterocycles. The second kappa shape index (κ2) is 14.2. The molecule has 1 aromatic rings. The molecule has 0 unspecified atom stereocenters. The Morgan fingerprint density at radius 1 is 1.20 bits per heavy atom. The van der Waals surface area contributed by atoms with Crippen LogP contribution < -0.4 is 11.1 Å². The molecule has 0 aromatic heterocycles.